The molecule has 0 aliphatic heterocycles. The average molecular weight is 445 g/mol. The lowest BCUT2D eigenvalue weighted by Crippen LogP contribution is -2.57. The van der Waals surface area contributed by atoms with Crippen LogP contribution in [0.25, 0.3) is 0 Å². The van der Waals surface area contributed by atoms with Gasteiger partial charge in [0.15, 0.2) is 0 Å². The third kappa shape index (κ3) is 5.15. The Bertz CT molecular complexity index is 737. The van der Waals surface area contributed by atoms with Gasteiger partial charge in [-0.3, -0.25) is 0 Å². The van der Waals surface area contributed by atoms with E-state index in [2.05, 4.69) is 33.9 Å². The lowest BCUT2D eigenvalue weighted by Gasteiger charge is -2.65. The van der Waals surface area contributed by atoms with Crippen molar-refractivity contribution in [1.82, 2.24) is 0 Å². The van der Waals surface area contributed by atoms with Gasteiger partial charge >= 0.3 is 11.9 Å². The van der Waals surface area contributed by atoms with Crippen LogP contribution in [-0.2, 0) is 19.1 Å². The van der Waals surface area contributed by atoms with Crippen LogP contribution in [0.15, 0.2) is 24.3 Å². The molecule has 4 aliphatic rings. The molecule has 4 nitrogen and oxygen atoms in total. The van der Waals surface area contributed by atoms with Gasteiger partial charge in [-0.25, -0.2) is 9.59 Å². The summed E-state index contributed by atoms with van der Waals surface area (Å²) in [6.45, 7) is 17.5. The van der Waals surface area contributed by atoms with Crippen LogP contribution >= 0.6 is 0 Å². The molecule has 0 aromatic rings. The predicted molar refractivity (Wildman–Crippen MR) is 128 cm³/mol. The summed E-state index contributed by atoms with van der Waals surface area (Å²) >= 11 is 0. The van der Waals surface area contributed by atoms with Crippen molar-refractivity contribution in [3.05, 3.63) is 24.3 Å². The maximum absolute atomic E-state index is 12.3. The summed E-state index contributed by atoms with van der Waals surface area (Å²) in [6, 6.07) is 0. The molecule has 0 aromatic carbocycles. The molecule has 4 fully saturated rings. The fourth-order valence-electron chi connectivity index (χ4n) is 8.07. The Kier molecular flexibility index (Phi) is 7.62. The van der Waals surface area contributed by atoms with Crippen LogP contribution in [0.2, 0.25) is 0 Å². The van der Waals surface area contributed by atoms with Crippen molar-refractivity contribution >= 4 is 11.9 Å². The molecule has 0 amide bonds. The van der Waals surface area contributed by atoms with E-state index in [0.717, 1.165) is 37.5 Å². The minimum atomic E-state index is -0.273. The maximum atomic E-state index is 12.3. The zero-order valence-corrected chi connectivity index (χ0v) is 21.0. The minimum Gasteiger partial charge on any atom is -0.459 e. The SMILES string of the molecule is C=C(C)C(=O)OC(CCC)CC12CC3CC(C1)CC(C(CC)C(C)OC(=O)C(=C)C)(C3)C2. The first kappa shape index (κ1) is 25.1. The molecule has 4 saturated carbocycles. The van der Waals surface area contributed by atoms with Gasteiger partial charge in [0.25, 0.3) is 0 Å². The van der Waals surface area contributed by atoms with E-state index in [4.69, 9.17) is 9.47 Å². The Labute approximate surface area is 195 Å². The third-order valence-electron chi connectivity index (χ3n) is 8.56. The minimum absolute atomic E-state index is 0.0313. The lowest BCUT2D eigenvalue weighted by atomic mass is 9.40. The molecule has 4 heteroatoms. The Morgan fingerprint density at radius 2 is 1.53 bits per heavy atom. The van der Waals surface area contributed by atoms with Gasteiger partial charge in [0.05, 0.1) is 0 Å². The largest absolute Gasteiger partial charge is 0.459 e. The number of rotatable bonds is 11. The average Bonchev–Trinajstić information content (AvgIpc) is 2.66. The number of carbonyl (C=O) groups excluding carboxylic acids is 2. The van der Waals surface area contributed by atoms with E-state index in [9.17, 15) is 9.59 Å². The molecule has 180 valence electrons. The first-order valence-electron chi connectivity index (χ1n) is 12.8. The van der Waals surface area contributed by atoms with Crippen LogP contribution in [-0.4, -0.2) is 24.1 Å². The monoisotopic (exact) mass is 444 g/mol. The summed E-state index contributed by atoms with van der Waals surface area (Å²) in [4.78, 5) is 24.6. The summed E-state index contributed by atoms with van der Waals surface area (Å²) in [5.74, 6) is 1.32. The molecule has 32 heavy (non-hydrogen) atoms. The zero-order valence-electron chi connectivity index (χ0n) is 21.0. The van der Waals surface area contributed by atoms with E-state index in [1.807, 2.05) is 0 Å². The molecule has 0 heterocycles. The number of carbonyl (C=O) groups is 2. The summed E-state index contributed by atoms with van der Waals surface area (Å²) in [5.41, 5.74) is 1.41. The summed E-state index contributed by atoms with van der Waals surface area (Å²) in [6.07, 6.45) is 11.3. The molecule has 5 unspecified atom stereocenters. The first-order valence-corrected chi connectivity index (χ1v) is 12.8. The van der Waals surface area contributed by atoms with Gasteiger partial charge in [-0.2, -0.15) is 0 Å². The summed E-state index contributed by atoms with van der Waals surface area (Å²) in [5, 5.41) is 0. The molecule has 0 saturated heterocycles. The van der Waals surface area contributed by atoms with Gasteiger partial charge in [-0.1, -0.05) is 33.4 Å². The molecule has 4 rings (SSSR count). The van der Waals surface area contributed by atoms with E-state index in [0.29, 0.717) is 17.1 Å². The second-order valence-electron chi connectivity index (χ2n) is 11.5. The number of hydrogen-bond acceptors (Lipinski definition) is 4. The van der Waals surface area contributed by atoms with Crippen LogP contribution in [0.3, 0.4) is 0 Å². The van der Waals surface area contributed by atoms with Crippen LogP contribution in [0.4, 0.5) is 0 Å². The Hall–Kier alpha value is -1.58. The Balaban J connectivity index is 1.82. The van der Waals surface area contributed by atoms with Crippen molar-refractivity contribution in [2.24, 2.45) is 28.6 Å². The summed E-state index contributed by atoms with van der Waals surface area (Å²) in [7, 11) is 0. The Morgan fingerprint density at radius 1 is 0.969 bits per heavy atom. The summed E-state index contributed by atoms with van der Waals surface area (Å²) < 4.78 is 11.8. The smallest absolute Gasteiger partial charge is 0.333 e. The highest BCUT2D eigenvalue weighted by Crippen LogP contribution is 2.69. The molecule has 0 N–H and O–H groups in total. The van der Waals surface area contributed by atoms with E-state index in [-0.39, 0.29) is 35.0 Å². The quantitative estimate of drug-likeness (QED) is 0.260. The van der Waals surface area contributed by atoms with Crippen LogP contribution in [0.5, 0.6) is 0 Å². The predicted octanol–water partition coefficient (Wildman–Crippen LogP) is 6.79. The third-order valence-corrected chi connectivity index (χ3v) is 8.56. The molecule has 0 radical (unpaired) electrons. The van der Waals surface area contributed by atoms with E-state index >= 15 is 0 Å². The van der Waals surface area contributed by atoms with Crippen LogP contribution in [0, 0.1) is 28.6 Å². The number of ether oxygens (including phenoxy) is 2. The topological polar surface area (TPSA) is 52.6 Å². The van der Waals surface area contributed by atoms with Crippen molar-refractivity contribution in [3.63, 3.8) is 0 Å². The van der Waals surface area contributed by atoms with E-state index < -0.39 is 0 Å². The number of hydrogen-bond donors (Lipinski definition) is 0. The highest BCUT2D eigenvalue weighted by Gasteiger charge is 2.60. The van der Waals surface area contributed by atoms with Crippen molar-refractivity contribution in [1.29, 1.82) is 0 Å². The fourth-order valence-corrected chi connectivity index (χ4v) is 8.07. The highest BCUT2D eigenvalue weighted by atomic mass is 16.5. The molecular formula is C28H44O4. The molecule has 0 spiro atoms. The van der Waals surface area contributed by atoms with Crippen LogP contribution in [0.1, 0.15) is 98.8 Å². The van der Waals surface area contributed by atoms with Crippen molar-refractivity contribution in [2.75, 3.05) is 0 Å². The van der Waals surface area contributed by atoms with Gasteiger partial charge in [0.2, 0.25) is 0 Å². The molecule has 4 bridgehead atoms. The van der Waals surface area contributed by atoms with Gasteiger partial charge < -0.3 is 9.47 Å². The molecule has 5 atom stereocenters. The standard InChI is InChI=1S/C28H44O4/c1-8-10-23(32-26(30)19(5)6)16-27-12-21-11-22(13-27)15-28(14-21,17-27)24(9-2)20(7)31-25(29)18(3)4/h20-24H,3,5,8-17H2,1-2,4,6-7H3. The molecule has 0 aromatic heterocycles. The van der Waals surface area contributed by atoms with Crippen molar-refractivity contribution in [3.8, 4) is 0 Å². The molecular weight excluding hydrogens is 400 g/mol. The first-order chi connectivity index (χ1) is 15.0. The Morgan fingerprint density at radius 3 is 2.03 bits per heavy atom. The van der Waals surface area contributed by atoms with Crippen molar-refractivity contribution < 1.29 is 19.1 Å². The second kappa shape index (κ2) is 9.73. The second-order valence-corrected chi connectivity index (χ2v) is 11.5. The maximum Gasteiger partial charge on any atom is 0.333 e. The van der Waals surface area contributed by atoms with E-state index in [1.165, 1.54) is 38.5 Å². The van der Waals surface area contributed by atoms with Crippen molar-refractivity contribution in [2.45, 2.75) is 111 Å². The fraction of sp³-hybridized carbons (Fsp3) is 0.786. The van der Waals surface area contributed by atoms with Crippen LogP contribution < -0.4 is 0 Å². The van der Waals surface area contributed by atoms with Gasteiger partial charge in [0, 0.05) is 17.1 Å². The van der Waals surface area contributed by atoms with Gasteiger partial charge in [-0.15, -0.1) is 0 Å². The lowest BCUT2D eigenvalue weighted by molar-refractivity contribution is -0.179. The molecule has 4 aliphatic carbocycles. The van der Waals surface area contributed by atoms with Gasteiger partial charge in [-0.05, 0) is 101 Å². The normalized spacial score (nSPS) is 33.3. The zero-order chi connectivity index (χ0) is 23.7. The highest BCUT2D eigenvalue weighted by molar-refractivity contribution is 5.87. The number of esters is 2. The van der Waals surface area contributed by atoms with E-state index in [1.54, 1.807) is 13.8 Å². The van der Waals surface area contributed by atoms with Gasteiger partial charge in [0.1, 0.15) is 12.2 Å².